The maximum absolute atomic E-state index is 5.96. The largest absolute Gasteiger partial charge is 0.263 e. The Balaban J connectivity index is 2.11. The average Bonchev–Trinajstić information content (AvgIpc) is 2.81. The van der Waals surface area contributed by atoms with Crippen molar-refractivity contribution in [3.63, 3.8) is 0 Å². The summed E-state index contributed by atoms with van der Waals surface area (Å²) in [7, 11) is 0. The molecule has 0 bridgehead atoms. The molecule has 0 radical (unpaired) electrons. The van der Waals surface area contributed by atoms with Gasteiger partial charge in [-0.1, -0.05) is 32.4 Å². The van der Waals surface area contributed by atoms with Crippen molar-refractivity contribution < 1.29 is 0 Å². The Morgan fingerprint density at radius 3 is 2.60 bits per heavy atom. The molecule has 0 spiro atoms. The van der Waals surface area contributed by atoms with E-state index in [1.165, 1.54) is 0 Å². The molecule has 0 aliphatic rings. The van der Waals surface area contributed by atoms with Gasteiger partial charge in [0.2, 0.25) is 0 Å². The summed E-state index contributed by atoms with van der Waals surface area (Å²) in [6.07, 6.45) is 6.99. The van der Waals surface area contributed by atoms with Crippen LogP contribution in [0.4, 0.5) is 0 Å². The van der Waals surface area contributed by atoms with Crippen LogP contribution in [0, 0.1) is 0 Å². The van der Waals surface area contributed by atoms with E-state index in [1.54, 1.807) is 23.1 Å². The molecule has 3 rings (SSSR count). The minimum atomic E-state index is -0.106. The van der Waals surface area contributed by atoms with E-state index in [-0.39, 0.29) is 5.41 Å². The summed E-state index contributed by atoms with van der Waals surface area (Å²) in [4.78, 5) is 12.9. The standard InChI is InChI=1S/C14H14ClN5/c1-14(2,3)12-18-13-17-6-10(8-20(13)19-12)9-4-11(15)7-16-5-9/h4-8H,1-3H3. The SMILES string of the molecule is CC(C)(C)c1nc2ncc(-c3cncc(Cl)c3)cn2n1. The highest BCUT2D eigenvalue weighted by atomic mass is 35.5. The summed E-state index contributed by atoms with van der Waals surface area (Å²) in [5, 5.41) is 5.08. The lowest BCUT2D eigenvalue weighted by atomic mass is 9.96. The Morgan fingerprint density at radius 2 is 1.90 bits per heavy atom. The minimum absolute atomic E-state index is 0.106. The summed E-state index contributed by atoms with van der Waals surface area (Å²) in [6.45, 7) is 6.22. The predicted molar refractivity (Wildman–Crippen MR) is 77.7 cm³/mol. The van der Waals surface area contributed by atoms with Gasteiger partial charge in [0, 0.05) is 41.3 Å². The molecule has 3 aromatic heterocycles. The molecule has 0 aliphatic carbocycles. The number of nitrogens with zero attached hydrogens (tertiary/aromatic N) is 5. The van der Waals surface area contributed by atoms with Gasteiger partial charge in [0.05, 0.1) is 5.02 Å². The molecule has 5 nitrogen and oxygen atoms in total. The van der Waals surface area contributed by atoms with Crippen molar-refractivity contribution in [1.29, 1.82) is 0 Å². The molecule has 0 amide bonds. The second-order valence-corrected chi connectivity index (χ2v) is 6.10. The molecule has 3 heterocycles. The Hall–Kier alpha value is -2.01. The van der Waals surface area contributed by atoms with Gasteiger partial charge in [-0.2, -0.15) is 4.98 Å². The fourth-order valence-electron chi connectivity index (χ4n) is 1.82. The van der Waals surface area contributed by atoms with E-state index in [0.29, 0.717) is 10.8 Å². The molecule has 20 heavy (non-hydrogen) atoms. The lowest BCUT2D eigenvalue weighted by Crippen LogP contribution is -2.13. The minimum Gasteiger partial charge on any atom is -0.263 e. The topological polar surface area (TPSA) is 56.0 Å². The highest BCUT2D eigenvalue weighted by molar-refractivity contribution is 6.30. The van der Waals surface area contributed by atoms with Crippen LogP contribution < -0.4 is 0 Å². The van der Waals surface area contributed by atoms with Crippen molar-refractivity contribution >= 4 is 17.4 Å². The molecule has 0 aromatic carbocycles. The normalized spacial score (nSPS) is 12.0. The zero-order chi connectivity index (χ0) is 14.3. The third-order valence-corrected chi connectivity index (χ3v) is 3.11. The van der Waals surface area contributed by atoms with Crippen LogP contribution in [-0.4, -0.2) is 24.6 Å². The third kappa shape index (κ3) is 2.36. The fourth-order valence-corrected chi connectivity index (χ4v) is 1.99. The first-order valence-electron chi connectivity index (χ1n) is 6.27. The van der Waals surface area contributed by atoms with Gasteiger partial charge in [-0.25, -0.2) is 9.50 Å². The van der Waals surface area contributed by atoms with Crippen molar-refractivity contribution in [2.45, 2.75) is 26.2 Å². The van der Waals surface area contributed by atoms with E-state index in [9.17, 15) is 0 Å². The van der Waals surface area contributed by atoms with Gasteiger partial charge in [0.25, 0.3) is 5.78 Å². The van der Waals surface area contributed by atoms with Crippen molar-refractivity contribution in [2.24, 2.45) is 0 Å². The number of pyridine rings is 1. The van der Waals surface area contributed by atoms with Crippen LogP contribution in [0.2, 0.25) is 5.02 Å². The Kier molecular flexibility index (Phi) is 2.94. The van der Waals surface area contributed by atoms with Gasteiger partial charge in [-0.3, -0.25) is 4.98 Å². The zero-order valence-electron chi connectivity index (χ0n) is 11.5. The van der Waals surface area contributed by atoms with E-state index in [0.717, 1.165) is 17.0 Å². The fraction of sp³-hybridized carbons (Fsp3) is 0.286. The van der Waals surface area contributed by atoms with Crippen LogP contribution in [-0.2, 0) is 5.41 Å². The summed E-state index contributed by atoms with van der Waals surface area (Å²) in [6, 6.07) is 1.85. The van der Waals surface area contributed by atoms with Crippen LogP contribution in [0.15, 0.2) is 30.9 Å². The molecular weight excluding hydrogens is 274 g/mol. The van der Waals surface area contributed by atoms with Gasteiger partial charge in [-0.05, 0) is 6.07 Å². The van der Waals surface area contributed by atoms with E-state index in [4.69, 9.17) is 11.6 Å². The van der Waals surface area contributed by atoms with E-state index in [2.05, 4.69) is 40.8 Å². The van der Waals surface area contributed by atoms with Crippen LogP contribution in [0.3, 0.4) is 0 Å². The molecule has 3 aromatic rings. The summed E-state index contributed by atoms with van der Waals surface area (Å²) >= 11 is 5.96. The third-order valence-electron chi connectivity index (χ3n) is 2.90. The Bertz CT molecular complexity index is 773. The lowest BCUT2D eigenvalue weighted by Gasteiger charge is -2.11. The van der Waals surface area contributed by atoms with E-state index < -0.39 is 0 Å². The molecule has 0 N–H and O–H groups in total. The molecule has 102 valence electrons. The maximum atomic E-state index is 5.96. The van der Waals surface area contributed by atoms with Crippen LogP contribution >= 0.6 is 11.6 Å². The first kappa shape index (κ1) is 13.0. The predicted octanol–water partition coefficient (Wildman–Crippen LogP) is 3.14. The first-order chi connectivity index (χ1) is 9.43. The van der Waals surface area contributed by atoms with Crippen molar-refractivity contribution in [1.82, 2.24) is 24.6 Å². The number of halogens is 1. The van der Waals surface area contributed by atoms with Crippen molar-refractivity contribution in [3.8, 4) is 11.1 Å². The van der Waals surface area contributed by atoms with Gasteiger partial charge in [0.15, 0.2) is 5.82 Å². The quantitative estimate of drug-likeness (QED) is 0.690. The van der Waals surface area contributed by atoms with Gasteiger partial charge >= 0.3 is 0 Å². The van der Waals surface area contributed by atoms with Gasteiger partial charge < -0.3 is 0 Å². The van der Waals surface area contributed by atoms with Crippen molar-refractivity contribution in [3.05, 3.63) is 41.7 Å². The maximum Gasteiger partial charge on any atom is 0.252 e. The van der Waals surface area contributed by atoms with Gasteiger partial charge in [0.1, 0.15) is 0 Å². The summed E-state index contributed by atoms with van der Waals surface area (Å²) in [5.41, 5.74) is 1.70. The molecular formula is C14H14ClN5. The second kappa shape index (κ2) is 4.52. The number of hydrogen-bond acceptors (Lipinski definition) is 4. The Labute approximate surface area is 121 Å². The second-order valence-electron chi connectivity index (χ2n) is 5.66. The van der Waals surface area contributed by atoms with Crippen molar-refractivity contribution in [2.75, 3.05) is 0 Å². The summed E-state index contributed by atoms with van der Waals surface area (Å²) in [5.74, 6) is 1.36. The number of rotatable bonds is 1. The van der Waals surface area contributed by atoms with E-state index in [1.807, 2.05) is 12.3 Å². The molecule has 0 saturated carbocycles. The molecule has 0 unspecified atom stereocenters. The zero-order valence-corrected chi connectivity index (χ0v) is 12.3. The van der Waals surface area contributed by atoms with Crippen LogP contribution in [0.1, 0.15) is 26.6 Å². The van der Waals surface area contributed by atoms with E-state index >= 15 is 0 Å². The molecule has 6 heteroatoms. The molecule has 0 aliphatic heterocycles. The van der Waals surface area contributed by atoms with Gasteiger partial charge in [-0.15, -0.1) is 5.10 Å². The first-order valence-corrected chi connectivity index (χ1v) is 6.65. The molecule has 0 atom stereocenters. The number of fused-ring (bicyclic) bond motifs is 1. The molecule has 0 fully saturated rings. The highest BCUT2D eigenvalue weighted by Gasteiger charge is 2.20. The van der Waals surface area contributed by atoms with Crippen LogP contribution in [0.5, 0.6) is 0 Å². The highest BCUT2D eigenvalue weighted by Crippen LogP contribution is 2.22. The molecule has 0 saturated heterocycles. The monoisotopic (exact) mass is 287 g/mol. The average molecular weight is 288 g/mol. The smallest absolute Gasteiger partial charge is 0.252 e. The summed E-state index contributed by atoms with van der Waals surface area (Å²) < 4.78 is 1.69. The van der Waals surface area contributed by atoms with Crippen LogP contribution in [0.25, 0.3) is 16.9 Å². The Morgan fingerprint density at radius 1 is 1.10 bits per heavy atom. The number of aromatic nitrogens is 5. The lowest BCUT2D eigenvalue weighted by molar-refractivity contribution is 0.545. The number of hydrogen-bond donors (Lipinski definition) is 0.